The number of benzene rings is 1. The van der Waals surface area contributed by atoms with Gasteiger partial charge in [0.2, 0.25) is 0 Å². The molecule has 0 aliphatic rings. The van der Waals surface area contributed by atoms with E-state index in [9.17, 15) is 5.11 Å². The second-order valence-electron chi connectivity index (χ2n) is 3.40. The van der Waals surface area contributed by atoms with Crippen molar-refractivity contribution in [2.45, 2.75) is 20.0 Å². The van der Waals surface area contributed by atoms with Crippen molar-refractivity contribution in [2.75, 3.05) is 19.8 Å². The zero-order valence-electron chi connectivity index (χ0n) is 9.57. The number of hydrogen-bond acceptors (Lipinski definition) is 3. The van der Waals surface area contributed by atoms with Crippen LogP contribution in [-0.2, 0) is 4.74 Å². The molecule has 1 N–H and O–H groups in total. The van der Waals surface area contributed by atoms with E-state index >= 15 is 0 Å². The molecule has 0 amide bonds. The third-order valence-electron chi connectivity index (χ3n) is 2.11. The second kappa shape index (κ2) is 6.89. The zero-order chi connectivity index (χ0) is 12.0. The number of ether oxygens (including phenoxy) is 2. The topological polar surface area (TPSA) is 38.7 Å². The molecule has 1 atom stereocenters. The van der Waals surface area contributed by atoms with E-state index in [2.05, 4.69) is 15.9 Å². The molecule has 0 bridgehead atoms. The molecule has 0 aliphatic carbocycles. The van der Waals surface area contributed by atoms with Crippen molar-refractivity contribution in [3.05, 3.63) is 28.2 Å². The first-order valence-corrected chi connectivity index (χ1v) is 6.12. The van der Waals surface area contributed by atoms with Crippen molar-refractivity contribution in [3.63, 3.8) is 0 Å². The standard InChI is InChI=1S/C12H17BrO3/c1-3-15-6-7-16-12-5-4-10(13)8-11(12)9(2)14/h4-5,8-9,14H,3,6-7H2,1-2H3/t9-/m0/s1. The summed E-state index contributed by atoms with van der Waals surface area (Å²) in [4.78, 5) is 0. The van der Waals surface area contributed by atoms with Gasteiger partial charge in [0.05, 0.1) is 12.7 Å². The van der Waals surface area contributed by atoms with E-state index in [0.717, 1.165) is 10.0 Å². The first kappa shape index (κ1) is 13.5. The van der Waals surface area contributed by atoms with E-state index in [4.69, 9.17) is 9.47 Å². The van der Waals surface area contributed by atoms with Gasteiger partial charge in [-0.2, -0.15) is 0 Å². The third kappa shape index (κ3) is 4.12. The van der Waals surface area contributed by atoms with Crippen LogP contribution in [0.3, 0.4) is 0 Å². The maximum atomic E-state index is 9.60. The minimum atomic E-state index is -0.542. The predicted octanol–water partition coefficient (Wildman–Crippen LogP) is 2.92. The molecule has 0 radical (unpaired) electrons. The quantitative estimate of drug-likeness (QED) is 0.818. The minimum Gasteiger partial charge on any atom is -0.491 e. The molecule has 16 heavy (non-hydrogen) atoms. The second-order valence-corrected chi connectivity index (χ2v) is 4.32. The van der Waals surface area contributed by atoms with E-state index in [0.29, 0.717) is 25.6 Å². The smallest absolute Gasteiger partial charge is 0.125 e. The van der Waals surface area contributed by atoms with Crippen LogP contribution in [0.1, 0.15) is 25.5 Å². The fourth-order valence-corrected chi connectivity index (χ4v) is 1.71. The Labute approximate surface area is 105 Å². The SMILES string of the molecule is CCOCCOc1ccc(Br)cc1[C@H](C)O. The van der Waals surface area contributed by atoms with Gasteiger partial charge in [-0.1, -0.05) is 15.9 Å². The monoisotopic (exact) mass is 288 g/mol. The summed E-state index contributed by atoms with van der Waals surface area (Å²) in [5, 5.41) is 9.60. The van der Waals surface area contributed by atoms with Gasteiger partial charge in [-0.05, 0) is 32.0 Å². The van der Waals surface area contributed by atoms with Crippen LogP contribution in [0.5, 0.6) is 5.75 Å². The number of hydrogen-bond donors (Lipinski definition) is 1. The molecule has 1 aromatic carbocycles. The Morgan fingerprint density at radius 1 is 1.38 bits per heavy atom. The highest BCUT2D eigenvalue weighted by Gasteiger charge is 2.09. The summed E-state index contributed by atoms with van der Waals surface area (Å²) >= 11 is 3.37. The maximum Gasteiger partial charge on any atom is 0.125 e. The van der Waals surface area contributed by atoms with Crippen molar-refractivity contribution in [3.8, 4) is 5.75 Å². The highest BCUT2D eigenvalue weighted by Crippen LogP contribution is 2.28. The number of aliphatic hydroxyl groups excluding tert-OH is 1. The van der Waals surface area contributed by atoms with Crippen molar-refractivity contribution < 1.29 is 14.6 Å². The van der Waals surface area contributed by atoms with E-state index < -0.39 is 6.10 Å². The largest absolute Gasteiger partial charge is 0.491 e. The molecule has 0 aliphatic heterocycles. The van der Waals surface area contributed by atoms with E-state index in [1.54, 1.807) is 6.92 Å². The van der Waals surface area contributed by atoms with E-state index in [1.165, 1.54) is 0 Å². The first-order valence-electron chi connectivity index (χ1n) is 5.33. The minimum absolute atomic E-state index is 0.495. The van der Waals surface area contributed by atoms with Crippen LogP contribution >= 0.6 is 15.9 Å². The zero-order valence-corrected chi connectivity index (χ0v) is 11.2. The van der Waals surface area contributed by atoms with Gasteiger partial charge in [0.15, 0.2) is 0 Å². The van der Waals surface area contributed by atoms with Crippen molar-refractivity contribution in [1.82, 2.24) is 0 Å². The molecule has 0 saturated heterocycles. The summed E-state index contributed by atoms with van der Waals surface area (Å²) in [6, 6.07) is 5.60. The highest BCUT2D eigenvalue weighted by molar-refractivity contribution is 9.10. The third-order valence-corrected chi connectivity index (χ3v) is 2.60. The van der Waals surface area contributed by atoms with Gasteiger partial charge in [-0.15, -0.1) is 0 Å². The van der Waals surface area contributed by atoms with Gasteiger partial charge >= 0.3 is 0 Å². The molecule has 0 unspecified atom stereocenters. The van der Waals surface area contributed by atoms with Crippen LogP contribution in [0.15, 0.2) is 22.7 Å². The molecular formula is C12H17BrO3. The fourth-order valence-electron chi connectivity index (χ4n) is 1.33. The van der Waals surface area contributed by atoms with Crippen LogP contribution in [0.2, 0.25) is 0 Å². The van der Waals surface area contributed by atoms with Gasteiger partial charge in [-0.25, -0.2) is 0 Å². The van der Waals surface area contributed by atoms with Crippen molar-refractivity contribution in [1.29, 1.82) is 0 Å². The normalized spacial score (nSPS) is 12.5. The Bertz CT molecular complexity index is 326. The summed E-state index contributed by atoms with van der Waals surface area (Å²) in [6.45, 7) is 5.41. The Morgan fingerprint density at radius 3 is 2.75 bits per heavy atom. The summed E-state index contributed by atoms with van der Waals surface area (Å²) in [5.41, 5.74) is 0.783. The van der Waals surface area contributed by atoms with Gasteiger partial charge in [0.1, 0.15) is 12.4 Å². The summed E-state index contributed by atoms with van der Waals surface area (Å²) < 4.78 is 11.7. The lowest BCUT2D eigenvalue weighted by molar-refractivity contribution is 0.108. The van der Waals surface area contributed by atoms with Crippen molar-refractivity contribution >= 4 is 15.9 Å². The Morgan fingerprint density at radius 2 is 2.12 bits per heavy atom. The molecule has 3 nitrogen and oxygen atoms in total. The van der Waals surface area contributed by atoms with Crippen LogP contribution in [0.25, 0.3) is 0 Å². The average Bonchev–Trinajstić information content (AvgIpc) is 2.26. The lowest BCUT2D eigenvalue weighted by Crippen LogP contribution is -2.08. The average molecular weight is 289 g/mol. The fraction of sp³-hybridized carbons (Fsp3) is 0.500. The lowest BCUT2D eigenvalue weighted by atomic mass is 10.1. The van der Waals surface area contributed by atoms with E-state index in [1.807, 2.05) is 25.1 Å². The molecule has 0 saturated carbocycles. The molecule has 1 rings (SSSR count). The first-order chi connectivity index (χ1) is 7.65. The van der Waals surface area contributed by atoms with Crippen LogP contribution < -0.4 is 4.74 Å². The summed E-state index contributed by atoms with van der Waals surface area (Å²) in [5.74, 6) is 0.706. The summed E-state index contributed by atoms with van der Waals surface area (Å²) in [6.07, 6.45) is -0.542. The predicted molar refractivity (Wildman–Crippen MR) is 66.8 cm³/mol. The van der Waals surface area contributed by atoms with Gasteiger partial charge < -0.3 is 14.6 Å². The Balaban J connectivity index is 2.64. The molecule has 0 fully saturated rings. The maximum absolute atomic E-state index is 9.60. The van der Waals surface area contributed by atoms with Crippen LogP contribution in [0.4, 0.5) is 0 Å². The van der Waals surface area contributed by atoms with Crippen LogP contribution in [-0.4, -0.2) is 24.9 Å². The lowest BCUT2D eigenvalue weighted by Gasteiger charge is -2.13. The number of halogens is 1. The molecular weight excluding hydrogens is 272 g/mol. The van der Waals surface area contributed by atoms with Gasteiger partial charge in [0, 0.05) is 16.6 Å². The molecule has 4 heteroatoms. The van der Waals surface area contributed by atoms with Gasteiger partial charge in [0.25, 0.3) is 0 Å². The number of rotatable bonds is 6. The molecule has 0 heterocycles. The molecule has 1 aromatic rings. The Kier molecular flexibility index (Phi) is 5.80. The molecule has 0 aromatic heterocycles. The number of aliphatic hydroxyl groups is 1. The molecule has 90 valence electrons. The van der Waals surface area contributed by atoms with E-state index in [-0.39, 0.29) is 0 Å². The van der Waals surface area contributed by atoms with Crippen molar-refractivity contribution in [2.24, 2.45) is 0 Å². The summed E-state index contributed by atoms with van der Waals surface area (Å²) in [7, 11) is 0. The highest BCUT2D eigenvalue weighted by atomic mass is 79.9. The van der Waals surface area contributed by atoms with Crippen LogP contribution in [0, 0.1) is 0 Å². The van der Waals surface area contributed by atoms with Gasteiger partial charge in [-0.3, -0.25) is 0 Å². The molecule has 0 spiro atoms. The Hall–Kier alpha value is -0.580.